The monoisotopic (exact) mass is 449 g/mol. The summed E-state index contributed by atoms with van der Waals surface area (Å²) in [5, 5.41) is 9.49. The fraction of sp³-hybridized carbons (Fsp3) is 0.0606. The molecule has 6 aromatic rings. The predicted molar refractivity (Wildman–Crippen MR) is 146 cm³/mol. The van der Waals surface area contributed by atoms with Gasteiger partial charge in [0.2, 0.25) is 0 Å². The second-order valence-corrected chi connectivity index (χ2v) is 9.11. The molecular formula is C33H23NO. The zero-order valence-corrected chi connectivity index (χ0v) is 19.2. The Morgan fingerprint density at radius 3 is 2.09 bits per heavy atom. The van der Waals surface area contributed by atoms with Gasteiger partial charge in [0.1, 0.15) is 11.5 Å². The van der Waals surface area contributed by atoms with Crippen molar-refractivity contribution in [3.8, 4) is 22.6 Å². The van der Waals surface area contributed by atoms with E-state index >= 15 is 0 Å². The largest absolute Gasteiger partial charge is 0.456 e. The first-order valence-corrected chi connectivity index (χ1v) is 12.1. The van der Waals surface area contributed by atoms with Crippen LogP contribution in [0.2, 0.25) is 0 Å². The van der Waals surface area contributed by atoms with Crippen molar-refractivity contribution in [1.82, 2.24) is 4.98 Å². The minimum atomic E-state index is 0.849. The molecule has 0 radical (unpaired) electrons. The van der Waals surface area contributed by atoms with Crippen LogP contribution in [-0.4, -0.2) is 4.98 Å². The van der Waals surface area contributed by atoms with E-state index in [2.05, 4.69) is 108 Å². The van der Waals surface area contributed by atoms with Crippen LogP contribution < -0.4 is 15.2 Å². The van der Waals surface area contributed by atoms with Crippen LogP contribution in [0.5, 0.6) is 11.5 Å². The van der Waals surface area contributed by atoms with Crippen LogP contribution in [0.25, 0.3) is 55.6 Å². The maximum Gasteiger partial charge on any atom is 0.142 e. The van der Waals surface area contributed by atoms with Crippen molar-refractivity contribution < 1.29 is 4.74 Å². The summed E-state index contributed by atoms with van der Waals surface area (Å²) in [5.74, 6) is 1.76. The van der Waals surface area contributed by atoms with Gasteiger partial charge in [0, 0.05) is 28.4 Å². The molecule has 1 aliphatic rings. The van der Waals surface area contributed by atoms with Gasteiger partial charge < -0.3 is 4.74 Å². The van der Waals surface area contributed by atoms with Crippen molar-refractivity contribution in [3.05, 3.63) is 114 Å². The number of hydrogen-bond donors (Lipinski definition) is 0. The molecule has 1 aromatic heterocycles. The summed E-state index contributed by atoms with van der Waals surface area (Å²) >= 11 is 0. The van der Waals surface area contributed by atoms with E-state index in [1.165, 1.54) is 43.1 Å². The van der Waals surface area contributed by atoms with Gasteiger partial charge in [0.05, 0.1) is 0 Å². The van der Waals surface area contributed by atoms with Gasteiger partial charge in [-0.2, -0.15) is 0 Å². The molecule has 2 nitrogen and oxygen atoms in total. The zero-order valence-electron chi connectivity index (χ0n) is 19.2. The molecule has 0 N–H and O–H groups in total. The Hall–Kier alpha value is -4.43. The van der Waals surface area contributed by atoms with Crippen LogP contribution >= 0.6 is 0 Å². The molecule has 0 spiro atoms. The maximum absolute atomic E-state index is 6.68. The van der Waals surface area contributed by atoms with Crippen molar-refractivity contribution in [3.63, 3.8) is 0 Å². The van der Waals surface area contributed by atoms with Crippen molar-refractivity contribution in [2.24, 2.45) is 0 Å². The Bertz CT molecular complexity index is 1880. The smallest absolute Gasteiger partial charge is 0.142 e. The van der Waals surface area contributed by atoms with Crippen LogP contribution in [0.1, 0.15) is 12.8 Å². The summed E-state index contributed by atoms with van der Waals surface area (Å²) in [4.78, 5) is 4.52. The van der Waals surface area contributed by atoms with E-state index in [-0.39, 0.29) is 0 Å². The summed E-state index contributed by atoms with van der Waals surface area (Å²) in [6, 6.07) is 32.0. The highest BCUT2D eigenvalue weighted by Gasteiger charge is 2.17. The summed E-state index contributed by atoms with van der Waals surface area (Å²) in [7, 11) is 0. The topological polar surface area (TPSA) is 22.1 Å². The first kappa shape index (κ1) is 20.0. The summed E-state index contributed by atoms with van der Waals surface area (Å²) < 4.78 is 6.68. The van der Waals surface area contributed by atoms with E-state index in [1.807, 2.05) is 12.4 Å². The molecule has 0 aliphatic heterocycles. The van der Waals surface area contributed by atoms with E-state index in [0.717, 1.165) is 35.1 Å². The highest BCUT2D eigenvalue weighted by atomic mass is 16.5. The van der Waals surface area contributed by atoms with Gasteiger partial charge in [-0.25, -0.2) is 0 Å². The second-order valence-electron chi connectivity index (χ2n) is 9.11. The fourth-order valence-electron chi connectivity index (χ4n) is 5.32. The zero-order chi connectivity index (χ0) is 23.2. The molecule has 35 heavy (non-hydrogen) atoms. The van der Waals surface area contributed by atoms with Crippen LogP contribution in [0.4, 0.5) is 0 Å². The summed E-state index contributed by atoms with van der Waals surface area (Å²) in [6.45, 7) is 0. The second kappa shape index (κ2) is 8.11. The molecule has 0 unspecified atom stereocenters. The third-order valence-corrected chi connectivity index (χ3v) is 6.98. The highest BCUT2D eigenvalue weighted by Crippen LogP contribution is 2.34. The number of benzene rings is 5. The average molecular weight is 450 g/mol. The lowest BCUT2D eigenvalue weighted by Crippen LogP contribution is -2.30. The Balaban J connectivity index is 1.50. The Kier molecular flexibility index (Phi) is 4.63. The van der Waals surface area contributed by atoms with E-state index in [1.54, 1.807) is 0 Å². The lowest BCUT2D eigenvalue weighted by atomic mass is 9.91. The quantitative estimate of drug-likeness (QED) is 0.282. The SMILES string of the molecule is C1=c2c(Oc3ccc4ccccc4c3)c3ccncc3c(-c3ccc4ccccc4c3)c2=CCC1. The first-order valence-electron chi connectivity index (χ1n) is 12.1. The molecule has 0 amide bonds. The normalized spacial score (nSPS) is 12.8. The van der Waals surface area contributed by atoms with Crippen LogP contribution in [0, 0.1) is 0 Å². The third-order valence-electron chi connectivity index (χ3n) is 6.98. The van der Waals surface area contributed by atoms with E-state index in [0.29, 0.717) is 0 Å². The van der Waals surface area contributed by atoms with Crippen molar-refractivity contribution >= 4 is 44.5 Å². The molecule has 0 saturated heterocycles. The number of nitrogens with zero attached hydrogens (tertiary/aromatic N) is 1. The van der Waals surface area contributed by atoms with Gasteiger partial charge in [-0.1, -0.05) is 78.9 Å². The van der Waals surface area contributed by atoms with E-state index in [9.17, 15) is 0 Å². The number of ether oxygens (including phenoxy) is 1. The molecule has 1 heterocycles. The number of rotatable bonds is 3. The average Bonchev–Trinajstić information content (AvgIpc) is 2.93. The first-order chi connectivity index (χ1) is 17.3. The molecule has 2 heteroatoms. The standard InChI is InChI=1S/C33H23NO/c1-3-9-24-19-26(14-13-22(24)7-1)32-28-11-5-6-12-29(28)33(30-17-18-34-21-31(30)32)35-27-16-15-23-8-2-4-10-25(23)20-27/h1-4,7-21H,5-6H2. The Morgan fingerprint density at radius 2 is 1.29 bits per heavy atom. The molecule has 0 fully saturated rings. The van der Waals surface area contributed by atoms with Crippen molar-refractivity contribution in [1.29, 1.82) is 0 Å². The number of pyridine rings is 1. The minimum absolute atomic E-state index is 0.849. The minimum Gasteiger partial charge on any atom is -0.456 e. The van der Waals surface area contributed by atoms with Crippen molar-refractivity contribution in [2.45, 2.75) is 12.8 Å². The Morgan fingerprint density at radius 1 is 0.600 bits per heavy atom. The van der Waals surface area contributed by atoms with Crippen LogP contribution in [0.3, 0.4) is 0 Å². The van der Waals surface area contributed by atoms with Gasteiger partial charge in [0.25, 0.3) is 0 Å². The predicted octanol–water partition coefficient (Wildman–Crippen LogP) is 7.36. The summed E-state index contributed by atoms with van der Waals surface area (Å²) in [6.07, 6.45) is 10.6. The molecule has 7 rings (SSSR count). The van der Waals surface area contributed by atoms with Crippen LogP contribution in [-0.2, 0) is 0 Å². The van der Waals surface area contributed by atoms with Gasteiger partial charge in [0.15, 0.2) is 0 Å². The summed E-state index contributed by atoms with van der Waals surface area (Å²) in [5.41, 5.74) is 2.44. The van der Waals surface area contributed by atoms with Gasteiger partial charge >= 0.3 is 0 Å². The maximum atomic E-state index is 6.68. The molecular weight excluding hydrogens is 426 g/mol. The fourth-order valence-corrected chi connectivity index (χ4v) is 5.32. The van der Waals surface area contributed by atoms with E-state index in [4.69, 9.17) is 4.74 Å². The van der Waals surface area contributed by atoms with Gasteiger partial charge in [-0.05, 0) is 75.0 Å². The van der Waals surface area contributed by atoms with Gasteiger partial charge in [-0.3, -0.25) is 4.98 Å². The van der Waals surface area contributed by atoms with Crippen molar-refractivity contribution in [2.75, 3.05) is 0 Å². The molecule has 0 bridgehead atoms. The number of aromatic nitrogens is 1. The lowest BCUT2D eigenvalue weighted by molar-refractivity contribution is 0.484. The molecule has 166 valence electrons. The third kappa shape index (κ3) is 3.38. The number of fused-ring (bicyclic) bond motifs is 4. The highest BCUT2D eigenvalue weighted by molar-refractivity contribution is 6.02. The number of hydrogen-bond acceptors (Lipinski definition) is 2. The Labute approximate surface area is 203 Å². The van der Waals surface area contributed by atoms with Gasteiger partial charge in [-0.15, -0.1) is 0 Å². The van der Waals surface area contributed by atoms with E-state index < -0.39 is 0 Å². The molecule has 5 aromatic carbocycles. The molecule has 0 atom stereocenters. The molecule has 1 aliphatic carbocycles. The molecule has 0 saturated carbocycles. The van der Waals surface area contributed by atoms with Crippen LogP contribution in [0.15, 0.2) is 103 Å². The lowest BCUT2D eigenvalue weighted by Gasteiger charge is -2.18.